The van der Waals surface area contributed by atoms with Gasteiger partial charge in [-0.1, -0.05) is 27.7 Å². The fourth-order valence-electron chi connectivity index (χ4n) is 3.54. The molecule has 4 N–H and O–H groups in total. The topological polar surface area (TPSA) is 146 Å². The van der Waals surface area contributed by atoms with Crippen LogP contribution in [0.5, 0.6) is 0 Å². The van der Waals surface area contributed by atoms with Crippen molar-refractivity contribution in [3.8, 4) is 0 Å². The second-order valence-electron chi connectivity index (χ2n) is 11.0. The lowest BCUT2D eigenvalue weighted by Gasteiger charge is -2.29. The Labute approximate surface area is 220 Å². The first-order chi connectivity index (χ1) is 17.3. The van der Waals surface area contributed by atoms with Gasteiger partial charge in [0.2, 0.25) is 17.7 Å². The molecule has 0 bridgehead atoms. The number of carbonyl (C=O) groups excluding carboxylic acids is 5. The molecule has 0 radical (unpaired) electrons. The van der Waals surface area contributed by atoms with Gasteiger partial charge in [-0.05, 0) is 31.3 Å². The average molecular weight is 524 g/mol. The third-order valence-electron chi connectivity index (χ3n) is 5.61. The molecule has 0 aromatic rings. The van der Waals surface area contributed by atoms with Crippen LogP contribution in [-0.4, -0.2) is 86.9 Å². The van der Waals surface area contributed by atoms with Crippen LogP contribution in [0.3, 0.4) is 0 Å². The zero-order valence-electron chi connectivity index (χ0n) is 23.0. The molecule has 210 valence electrons. The highest BCUT2D eigenvalue weighted by atomic mass is 16.5. The van der Waals surface area contributed by atoms with Crippen molar-refractivity contribution in [2.75, 3.05) is 52.5 Å². The molecule has 0 saturated heterocycles. The van der Waals surface area contributed by atoms with Gasteiger partial charge in [0.15, 0.2) is 0 Å². The average Bonchev–Trinajstić information content (AvgIpc) is 3.11. The smallest absolute Gasteiger partial charge is 0.253 e. The minimum Gasteiger partial charge on any atom is -0.380 e. The molecule has 37 heavy (non-hydrogen) atoms. The predicted octanol–water partition coefficient (Wildman–Crippen LogP) is 0.499. The number of nitrogens with one attached hydrogen (secondary N) is 4. The largest absolute Gasteiger partial charge is 0.380 e. The van der Waals surface area contributed by atoms with Gasteiger partial charge in [0.1, 0.15) is 0 Å². The van der Waals surface area contributed by atoms with Gasteiger partial charge >= 0.3 is 0 Å². The van der Waals surface area contributed by atoms with Gasteiger partial charge in [0.05, 0.1) is 13.2 Å². The number of carbonyl (C=O) groups is 5. The van der Waals surface area contributed by atoms with E-state index in [-0.39, 0.29) is 41.5 Å². The fourth-order valence-corrected chi connectivity index (χ4v) is 3.54. The number of ether oxygens (including phenoxy) is 1. The predicted molar refractivity (Wildman–Crippen MR) is 140 cm³/mol. The number of rotatable bonds is 19. The summed E-state index contributed by atoms with van der Waals surface area (Å²) in [6, 6.07) is 0. The zero-order chi connectivity index (χ0) is 27.9. The quantitative estimate of drug-likeness (QED) is 0.142. The Kier molecular flexibility index (Phi) is 14.1. The second-order valence-corrected chi connectivity index (χ2v) is 11.0. The molecule has 11 nitrogen and oxygen atoms in total. The third kappa shape index (κ3) is 15.1. The first-order valence-corrected chi connectivity index (χ1v) is 12.9. The summed E-state index contributed by atoms with van der Waals surface area (Å²) in [7, 11) is 0. The highest BCUT2D eigenvalue weighted by Crippen LogP contribution is 2.23. The van der Waals surface area contributed by atoms with Gasteiger partial charge in [0, 0.05) is 63.5 Å². The number of hydrogen-bond donors (Lipinski definition) is 4. The monoisotopic (exact) mass is 523 g/mol. The summed E-state index contributed by atoms with van der Waals surface area (Å²) in [5, 5.41) is 11.8. The summed E-state index contributed by atoms with van der Waals surface area (Å²) in [6.07, 6.45) is 4.48. The maximum absolute atomic E-state index is 12.3. The number of amides is 5. The molecule has 0 fully saturated rings. The molecule has 1 aliphatic rings. The Morgan fingerprint density at radius 1 is 0.811 bits per heavy atom. The van der Waals surface area contributed by atoms with Crippen LogP contribution in [0.2, 0.25) is 0 Å². The Morgan fingerprint density at radius 2 is 1.38 bits per heavy atom. The molecule has 11 heteroatoms. The third-order valence-corrected chi connectivity index (χ3v) is 5.61. The maximum Gasteiger partial charge on any atom is 0.253 e. The highest BCUT2D eigenvalue weighted by molar-refractivity contribution is 6.13. The first kappa shape index (κ1) is 32.2. The van der Waals surface area contributed by atoms with Crippen molar-refractivity contribution in [3.05, 3.63) is 12.2 Å². The van der Waals surface area contributed by atoms with Gasteiger partial charge in [-0.25, -0.2) is 0 Å². The van der Waals surface area contributed by atoms with Crippen molar-refractivity contribution in [1.29, 1.82) is 0 Å². The van der Waals surface area contributed by atoms with Crippen LogP contribution in [0.1, 0.15) is 60.3 Å². The van der Waals surface area contributed by atoms with Crippen LogP contribution in [0, 0.1) is 10.8 Å². The van der Waals surface area contributed by atoms with E-state index in [9.17, 15) is 24.0 Å². The summed E-state index contributed by atoms with van der Waals surface area (Å²) >= 11 is 0. The summed E-state index contributed by atoms with van der Waals surface area (Å²) in [5.41, 5.74) is -0.668. The SMILES string of the molecule is CC(=O)NCCCNCCCNC(=O)CC(C)(C)COCC(C)(C)CNC(=O)CCN1C(=O)C=CC1=O. The van der Waals surface area contributed by atoms with Gasteiger partial charge in [-0.15, -0.1) is 0 Å². The Bertz CT molecular complexity index is 806. The van der Waals surface area contributed by atoms with E-state index in [4.69, 9.17) is 4.74 Å². The molecular weight excluding hydrogens is 478 g/mol. The number of hydrogen-bond acceptors (Lipinski definition) is 7. The van der Waals surface area contributed by atoms with Crippen molar-refractivity contribution < 1.29 is 28.7 Å². The molecule has 0 spiro atoms. The van der Waals surface area contributed by atoms with Crippen LogP contribution in [0.4, 0.5) is 0 Å². The molecule has 1 aliphatic heterocycles. The van der Waals surface area contributed by atoms with E-state index in [1.165, 1.54) is 19.1 Å². The van der Waals surface area contributed by atoms with E-state index >= 15 is 0 Å². The van der Waals surface area contributed by atoms with Gasteiger partial charge in [-0.2, -0.15) is 0 Å². The molecule has 5 amide bonds. The van der Waals surface area contributed by atoms with Gasteiger partial charge < -0.3 is 26.0 Å². The van der Waals surface area contributed by atoms with E-state index < -0.39 is 11.8 Å². The van der Waals surface area contributed by atoms with Crippen LogP contribution < -0.4 is 21.3 Å². The lowest BCUT2D eigenvalue weighted by atomic mass is 9.89. The van der Waals surface area contributed by atoms with Gasteiger partial charge in [-0.3, -0.25) is 28.9 Å². The first-order valence-electron chi connectivity index (χ1n) is 12.9. The molecule has 0 saturated carbocycles. The van der Waals surface area contributed by atoms with E-state index in [1.807, 2.05) is 27.7 Å². The molecule has 0 aliphatic carbocycles. The van der Waals surface area contributed by atoms with Crippen molar-refractivity contribution in [3.63, 3.8) is 0 Å². The van der Waals surface area contributed by atoms with E-state index in [2.05, 4.69) is 21.3 Å². The molecule has 0 aromatic heterocycles. The Hall–Kier alpha value is -2.79. The minimum absolute atomic E-state index is 0.0176. The summed E-state index contributed by atoms with van der Waals surface area (Å²) in [5.74, 6) is -1.07. The Morgan fingerprint density at radius 3 is 1.97 bits per heavy atom. The fraction of sp³-hybridized carbons (Fsp3) is 0.731. The van der Waals surface area contributed by atoms with Crippen LogP contribution in [0.25, 0.3) is 0 Å². The van der Waals surface area contributed by atoms with Crippen molar-refractivity contribution in [2.24, 2.45) is 10.8 Å². The highest BCUT2D eigenvalue weighted by Gasteiger charge is 2.26. The molecule has 0 atom stereocenters. The lowest BCUT2D eigenvalue weighted by molar-refractivity contribution is -0.137. The standard InChI is InChI=1S/C26H45N5O6/c1-20(32)28-13-6-11-27-12-7-14-29-22(34)16-25(2,3)18-37-19-26(4,5)17-30-21(33)10-15-31-23(35)8-9-24(31)36/h8-9,27H,6-7,10-19H2,1-5H3,(H,28,32)(H,29,34)(H,30,33). The molecular formula is C26H45N5O6. The van der Waals surface area contributed by atoms with Crippen LogP contribution in [-0.2, 0) is 28.7 Å². The maximum atomic E-state index is 12.3. The summed E-state index contributed by atoms with van der Waals surface area (Å²) < 4.78 is 5.90. The van der Waals surface area contributed by atoms with Crippen molar-refractivity contribution in [2.45, 2.75) is 60.3 Å². The second kappa shape index (κ2) is 16.1. The zero-order valence-corrected chi connectivity index (χ0v) is 23.0. The van der Waals surface area contributed by atoms with Gasteiger partial charge in [0.25, 0.3) is 11.8 Å². The molecule has 0 aromatic carbocycles. The normalized spacial score (nSPS) is 13.7. The van der Waals surface area contributed by atoms with E-state index in [1.54, 1.807) is 0 Å². The lowest BCUT2D eigenvalue weighted by Crippen LogP contribution is -2.40. The molecule has 0 unspecified atom stereocenters. The molecule has 1 rings (SSSR count). The summed E-state index contributed by atoms with van der Waals surface area (Å²) in [4.78, 5) is 59.4. The summed E-state index contributed by atoms with van der Waals surface area (Å²) in [6.45, 7) is 13.5. The van der Waals surface area contributed by atoms with E-state index in [0.29, 0.717) is 39.3 Å². The van der Waals surface area contributed by atoms with Crippen LogP contribution >= 0.6 is 0 Å². The Balaban J connectivity index is 2.15. The number of imide groups is 1. The van der Waals surface area contributed by atoms with E-state index in [0.717, 1.165) is 30.8 Å². The van der Waals surface area contributed by atoms with Crippen molar-refractivity contribution >= 4 is 29.5 Å². The van der Waals surface area contributed by atoms with Crippen molar-refractivity contribution in [1.82, 2.24) is 26.2 Å². The van der Waals surface area contributed by atoms with Crippen LogP contribution in [0.15, 0.2) is 12.2 Å². The minimum atomic E-state index is -0.397. The number of nitrogens with zero attached hydrogens (tertiary/aromatic N) is 1. The molecule has 1 heterocycles.